The number of benzene rings is 2. The van der Waals surface area contributed by atoms with Crippen LogP contribution in [0.5, 0.6) is 5.75 Å². The van der Waals surface area contributed by atoms with E-state index in [-0.39, 0.29) is 24.0 Å². The van der Waals surface area contributed by atoms with Gasteiger partial charge in [0, 0.05) is 22.7 Å². The molecule has 0 radical (unpaired) electrons. The van der Waals surface area contributed by atoms with Crippen LogP contribution in [0.15, 0.2) is 41.2 Å². The van der Waals surface area contributed by atoms with Crippen LogP contribution >= 0.6 is 11.6 Å². The third-order valence-corrected chi connectivity index (χ3v) is 5.91. The van der Waals surface area contributed by atoms with Gasteiger partial charge < -0.3 is 4.74 Å². The molecule has 7 nitrogen and oxygen atoms in total. The predicted molar refractivity (Wildman–Crippen MR) is 112 cm³/mol. The summed E-state index contributed by atoms with van der Waals surface area (Å²) in [5, 5.41) is 11.6. The maximum absolute atomic E-state index is 13.4. The molecule has 8 heteroatoms. The summed E-state index contributed by atoms with van der Waals surface area (Å²) in [6, 6.07) is 10.1. The predicted octanol–water partition coefficient (Wildman–Crippen LogP) is 4.93. The van der Waals surface area contributed by atoms with Gasteiger partial charge >= 0.3 is 5.69 Å². The average molecular weight is 416 g/mol. The molecule has 0 spiro atoms. The van der Waals surface area contributed by atoms with Gasteiger partial charge in [0.05, 0.1) is 35.7 Å². The molecule has 1 aromatic heterocycles. The van der Waals surface area contributed by atoms with E-state index in [4.69, 9.17) is 16.3 Å². The molecule has 29 heavy (non-hydrogen) atoms. The van der Waals surface area contributed by atoms with Crippen LogP contribution in [0, 0.1) is 10.1 Å². The minimum absolute atomic E-state index is 0.0469. The molecule has 1 heterocycles. The van der Waals surface area contributed by atoms with E-state index in [1.165, 1.54) is 25.7 Å². The number of hydrogen-bond donors (Lipinski definition) is 0. The van der Waals surface area contributed by atoms with Gasteiger partial charge in [0.25, 0.3) is 5.69 Å². The SMILES string of the molecule is COc1cc([N+](=O)[O-])ccc1Cn1c(=O)n(C2CCCCC2)c2cc(Cl)ccc21. The van der Waals surface area contributed by atoms with E-state index in [2.05, 4.69) is 0 Å². The summed E-state index contributed by atoms with van der Waals surface area (Å²) in [5.41, 5.74) is 2.20. The molecule has 0 amide bonds. The van der Waals surface area contributed by atoms with Crippen molar-refractivity contribution in [3.63, 3.8) is 0 Å². The zero-order valence-corrected chi connectivity index (χ0v) is 16.9. The molecule has 0 unspecified atom stereocenters. The molecule has 0 atom stereocenters. The molecule has 0 N–H and O–H groups in total. The summed E-state index contributed by atoms with van der Waals surface area (Å²) < 4.78 is 8.93. The minimum atomic E-state index is -0.463. The largest absolute Gasteiger partial charge is 0.496 e. The van der Waals surface area contributed by atoms with Gasteiger partial charge in [0.2, 0.25) is 0 Å². The third kappa shape index (κ3) is 3.62. The fraction of sp³-hybridized carbons (Fsp3) is 0.381. The molecule has 0 saturated heterocycles. The van der Waals surface area contributed by atoms with Crippen LogP contribution < -0.4 is 10.4 Å². The summed E-state index contributed by atoms with van der Waals surface area (Å²) in [6.07, 6.45) is 5.38. The van der Waals surface area contributed by atoms with Gasteiger partial charge in [-0.25, -0.2) is 4.79 Å². The number of rotatable bonds is 5. The topological polar surface area (TPSA) is 79.3 Å². The van der Waals surface area contributed by atoms with Gasteiger partial charge in [-0.2, -0.15) is 0 Å². The molecular formula is C21H22ClN3O4. The second-order valence-electron chi connectivity index (χ2n) is 7.42. The van der Waals surface area contributed by atoms with Gasteiger partial charge in [0.15, 0.2) is 0 Å². The number of methoxy groups -OCH3 is 1. The molecule has 1 aliphatic carbocycles. The highest BCUT2D eigenvalue weighted by atomic mass is 35.5. The van der Waals surface area contributed by atoms with Gasteiger partial charge in [-0.3, -0.25) is 19.2 Å². The van der Waals surface area contributed by atoms with Crippen molar-refractivity contribution in [3.8, 4) is 5.75 Å². The van der Waals surface area contributed by atoms with Gasteiger partial charge in [-0.15, -0.1) is 0 Å². The van der Waals surface area contributed by atoms with Crippen LogP contribution in [0.1, 0.15) is 43.7 Å². The van der Waals surface area contributed by atoms with E-state index in [1.807, 2.05) is 16.7 Å². The van der Waals surface area contributed by atoms with Crippen molar-refractivity contribution in [3.05, 3.63) is 67.6 Å². The van der Waals surface area contributed by atoms with E-state index in [0.717, 1.165) is 36.7 Å². The molecule has 1 aliphatic rings. The van der Waals surface area contributed by atoms with E-state index < -0.39 is 4.92 Å². The Labute approximate surface area is 172 Å². The molecule has 0 aliphatic heterocycles. The Morgan fingerprint density at radius 3 is 2.59 bits per heavy atom. The summed E-state index contributed by atoms with van der Waals surface area (Å²) >= 11 is 6.24. The maximum atomic E-state index is 13.4. The smallest absolute Gasteiger partial charge is 0.329 e. The van der Waals surface area contributed by atoms with Crippen molar-refractivity contribution < 1.29 is 9.66 Å². The standard InChI is InChI=1S/C21H22ClN3O4/c1-29-20-12-17(25(27)28)9-7-14(20)13-23-18-10-8-15(22)11-19(18)24(21(23)26)16-5-3-2-4-6-16/h7-12,16H,2-6,13H2,1H3. The van der Waals surface area contributed by atoms with E-state index >= 15 is 0 Å². The lowest BCUT2D eigenvalue weighted by atomic mass is 9.95. The van der Waals surface area contributed by atoms with Gasteiger partial charge in [-0.05, 0) is 37.1 Å². The lowest BCUT2D eigenvalue weighted by Crippen LogP contribution is -2.29. The minimum Gasteiger partial charge on any atom is -0.496 e. The number of non-ortho nitro benzene ring substituents is 1. The summed E-state index contributed by atoms with van der Waals surface area (Å²) in [7, 11) is 1.47. The molecule has 1 saturated carbocycles. The highest BCUT2D eigenvalue weighted by molar-refractivity contribution is 6.31. The van der Waals surface area contributed by atoms with E-state index in [9.17, 15) is 14.9 Å². The van der Waals surface area contributed by atoms with Crippen molar-refractivity contribution in [2.24, 2.45) is 0 Å². The van der Waals surface area contributed by atoms with Crippen LogP contribution in [0.25, 0.3) is 11.0 Å². The number of hydrogen-bond acceptors (Lipinski definition) is 4. The Bertz CT molecular complexity index is 1130. The van der Waals surface area contributed by atoms with Crippen LogP contribution in [0.3, 0.4) is 0 Å². The average Bonchev–Trinajstić information content (AvgIpc) is 2.99. The number of nitro benzene ring substituents is 1. The fourth-order valence-corrected chi connectivity index (χ4v) is 4.41. The zero-order valence-electron chi connectivity index (χ0n) is 16.1. The first-order chi connectivity index (χ1) is 14.0. The Morgan fingerprint density at radius 2 is 1.90 bits per heavy atom. The zero-order chi connectivity index (χ0) is 20.5. The molecule has 2 aromatic carbocycles. The second-order valence-corrected chi connectivity index (χ2v) is 7.85. The molecule has 3 aromatic rings. The first-order valence-electron chi connectivity index (χ1n) is 9.71. The Morgan fingerprint density at radius 1 is 1.14 bits per heavy atom. The molecule has 1 fully saturated rings. The van der Waals surface area contributed by atoms with Crippen LogP contribution in [-0.2, 0) is 6.54 Å². The Balaban J connectivity index is 1.83. The maximum Gasteiger partial charge on any atom is 0.329 e. The quantitative estimate of drug-likeness (QED) is 0.437. The van der Waals surface area contributed by atoms with Gasteiger partial charge in [-0.1, -0.05) is 30.9 Å². The first-order valence-corrected chi connectivity index (χ1v) is 10.1. The van der Waals surface area contributed by atoms with E-state index in [0.29, 0.717) is 16.3 Å². The highest BCUT2D eigenvalue weighted by Gasteiger charge is 2.23. The third-order valence-electron chi connectivity index (χ3n) is 5.67. The molecular weight excluding hydrogens is 394 g/mol. The van der Waals surface area contributed by atoms with Gasteiger partial charge in [0.1, 0.15) is 5.75 Å². The first kappa shape index (κ1) is 19.5. The van der Waals surface area contributed by atoms with E-state index in [1.54, 1.807) is 16.7 Å². The summed E-state index contributed by atoms with van der Waals surface area (Å²) in [6.45, 7) is 0.262. The lowest BCUT2D eigenvalue weighted by molar-refractivity contribution is -0.384. The number of ether oxygens (including phenoxy) is 1. The highest BCUT2D eigenvalue weighted by Crippen LogP contribution is 2.32. The Kier molecular flexibility index (Phi) is 5.32. The monoisotopic (exact) mass is 415 g/mol. The van der Waals surface area contributed by atoms with Crippen molar-refractivity contribution in [1.82, 2.24) is 9.13 Å². The summed E-state index contributed by atoms with van der Waals surface area (Å²) in [5.74, 6) is 0.388. The number of aromatic nitrogens is 2. The molecule has 152 valence electrons. The molecule has 0 bridgehead atoms. The van der Waals surface area contributed by atoms with Crippen molar-refractivity contribution in [2.75, 3.05) is 7.11 Å². The number of nitrogens with zero attached hydrogens (tertiary/aromatic N) is 3. The lowest BCUT2D eigenvalue weighted by Gasteiger charge is -2.23. The number of imidazole rings is 1. The molecule has 4 rings (SSSR count). The second kappa shape index (κ2) is 7.91. The Hall–Kier alpha value is -2.80. The van der Waals surface area contributed by atoms with Crippen LogP contribution in [0.2, 0.25) is 5.02 Å². The van der Waals surface area contributed by atoms with Crippen molar-refractivity contribution >= 4 is 28.3 Å². The summed E-state index contributed by atoms with van der Waals surface area (Å²) in [4.78, 5) is 24.0. The van der Waals surface area contributed by atoms with Crippen LogP contribution in [-0.4, -0.2) is 21.2 Å². The number of nitro groups is 1. The fourth-order valence-electron chi connectivity index (χ4n) is 4.25. The van der Waals surface area contributed by atoms with Crippen molar-refractivity contribution in [1.29, 1.82) is 0 Å². The number of halogens is 1. The number of fused-ring (bicyclic) bond motifs is 1. The van der Waals surface area contributed by atoms with Crippen molar-refractivity contribution in [2.45, 2.75) is 44.7 Å². The normalized spacial score (nSPS) is 15.0. The van der Waals surface area contributed by atoms with Crippen LogP contribution in [0.4, 0.5) is 5.69 Å².